The van der Waals surface area contributed by atoms with Crippen LogP contribution in [-0.2, 0) is 0 Å². The van der Waals surface area contributed by atoms with Crippen LogP contribution in [0.3, 0.4) is 0 Å². The van der Waals surface area contributed by atoms with Crippen molar-refractivity contribution in [2.45, 2.75) is 40.7 Å². The van der Waals surface area contributed by atoms with E-state index in [-0.39, 0.29) is 11.5 Å². The highest BCUT2D eigenvalue weighted by atomic mass is 16.3. The predicted molar refractivity (Wildman–Crippen MR) is 113 cm³/mol. The van der Waals surface area contributed by atoms with Crippen molar-refractivity contribution in [3.05, 3.63) is 74.7 Å². The van der Waals surface area contributed by atoms with Gasteiger partial charge < -0.3 is 15.1 Å². The Balaban J connectivity index is 2.30. The largest absolute Gasteiger partial charge is 0.455 e. The van der Waals surface area contributed by atoms with E-state index in [2.05, 4.69) is 25.2 Å². The van der Waals surface area contributed by atoms with Crippen molar-refractivity contribution in [2.75, 3.05) is 6.54 Å². The Morgan fingerprint density at radius 1 is 1.26 bits per heavy atom. The lowest BCUT2D eigenvalue weighted by molar-refractivity contribution is 0.552. The van der Waals surface area contributed by atoms with Crippen LogP contribution in [0.1, 0.15) is 49.3 Å². The highest BCUT2D eigenvalue weighted by molar-refractivity contribution is 6.13. The van der Waals surface area contributed by atoms with E-state index in [0.29, 0.717) is 28.0 Å². The molecule has 0 amide bonds. The number of aryl methyl sites for hydroxylation is 1. The molecule has 0 aliphatic heterocycles. The number of allylic oxidation sites excluding steroid dienone is 6. The van der Waals surface area contributed by atoms with Crippen LogP contribution in [0.5, 0.6) is 0 Å². The normalized spacial score (nSPS) is 16.9. The van der Waals surface area contributed by atoms with E-state index in [9.17, 15) is 4.79 Å². The van der Waals surface area contributed by atoms with E-state index in [0.717, 1.165) is 28.8 Å². The molecule has 1 unspecified atom stereocenters. The lowest BCUT2D eigenvalue weighted by Crippen LogP contribution is -2.19. The molecule has 1 atom stereocenters. The minimum atomic E-state index is -0.00289. The third-order valence-corrected chi connectivity index (χ3v) is 4.99. The van der Waals surface area contributed by atoms with Crippen molar-refractivity contribution in [3.63, 3.8) is 0 Å². The Labute approximate surface area is 159 Å². The van der Waals surface area contributed by atoms with Crippen LogP contribution in [0, 0.1) is 19.3 Å². The number of rotatable bonds is 4. The van der Waals surface area contributed by atoms with Gasteiger partial charge in [-0.2, -0.15) is 0 Å². The van der Waals surface area contributed by atoms with Gasteiger partial charge in [-0.1, -0.05) is 19.1 Å². The molecule has 4 heteroatoms. The number of nitrogens with one attached hydrogen (secondary N) is 2. The van der Waals surface area contributed by atoms with Gasteiger partial charge in [-0.3, -0.25) is 4.79 Å². The summed E-state index contributed by atoms with van der Waals surface area (Å²) in [6, 6.07) is 4.06. The maximum Gasteiger partial charge on any atom is 0.196 e. The second-order valence-corrected chi connectivity index (χ2v) is 6.99. The third-order valence-electron chi connectivity index (χ3n) is 4.99. The molecule has 27 heavy (non-hydrogen) atoms. The molecular formula is C23H26N2O2. The summed E-state index contributed by atoms with van der Waals surface area (Å²) in [5.74, 6) is 0.574. The van der Waals surface area contributed by atoms with Crippen LogP contribution >= 0.6 is 0 Å². The van der Waals surface area contributed by atoms with Gasteiger partial charge in [-0.15, -0.1) is 0 Å². The highest BCUT2D eigenvalue weighted by Crippen LogP contribution is 2.31. The fraction of sp³-hybridized carbons (Fsp3) is 0.304. The lowest BCUT2D eigenvalue weighted by Gasteiger charge is -2.18. The molecule has 2 N–H and O–H groups in total. The van der Waals surface area contributed by atoms with Crippen molar-refractivity contribution in [3.8, 4) is 0 Å². The van der Waals surface area contributed by atoms with Gasteiger partial charge >= 0.3 is 0 Å². The van der Waals surface area contributed by atoms with Crippen molar-refractivity contribution in [1.29, 1.82) is 5.41 Å². The molecule has 0 saturated heterocycles. The van der Waals surface area contributed by atoms with Crippen molar-refractivity contribution < 1.29 is 4.42 Å². The third kappa shape index (κ3) is 3.45. The molecule has 0 bridgehead atoms. The first-order valence-electron chi connectivity index (χ1n) is 9.34. The zero-order chi connectivity index (χ0) is 19.7. The SMILES string of the molecule is C/C=C1/C=C(c2oc3c(C(C)NCC)cc(C)cc3c(=O)c2C)C=CC1=N. The maximum atomic E-state index is 13.1. The van der Waals surface area contributed by atoms with Gasteiger partial charge in [0.2, 0.25) is 0 Å². The maximum absolute atomic E-state index is 13.1. The molecule has 0 saturated carbocycles. The molecule has 1 heterocycles. The fourth-order valence-corrected chi connectivity index (χ4v) is 3.52. The first-order chi connectivity index (χ1) is 12.9. The molecule has 1 aromatic carbocycles. The molecule has 3 rings (SSSR count). The van der Waals surface area contributed by atoms with E-state index in [4.69, 9.17) is 9.83 Å². The Morgan fingerprint density at radius 2 is 2.00 bits per heavy atom. The quantitative estimate of drug-likeness (QED) is 0.804. The minimum Gasteiger partial charge on any atom is -0.455 e. The molecule has 1 aliphatic rings. The number of hydrogen-bond donors (Lipinski definition) is 2. The predicted octanol–water partition coefficient (Wildman–Crippen LogP) is 5.00. The van der Waals surface area contributed by atoms with Crippen molar-refractivity contribution >= 4 is 22.3 Å². The average Bonchev–Trinajstić information content (AvgIpc) is 2.65. The van der Waals surface area contributed by atoms with E-state index in [1.54, 1.807) is 13.0 Å². The summed E-state index contributed by atoms with van der Waals surface area (Å²) in [5, 5.41) is 12.0. The molecule has 140 valence electrons. The summed E-state index contributed by atoms with van der Waals surface area (Å²) in [6.45, 7) is 10.7. The van der Waals surface area contributed by atoms with E-state index in [1.807, 2.05) is 38.1 Å². The van der Waals surface area contributed by atoms with Crippen LogP contribution in [-0.4, -0.2) is 12.3 Å². The topological polar surface area (TPSA) is 66.1 Å². The van der Waals surface area contributed by atoms with Gasteiger partial charge in [0.25, 0.3) is 0 Å². The molecular weight excluding hydrogens is 336 g/mol. The summed E-state index contributed by atoms with van der Waals surface area (Å²) in [6.07, 6.45) is 7.38. The summed E-state index contributed by atoms with van der Waals surface area (Å²) < 4.78 is 6.34. The Kier molecular flexibility index (Phi) is 5.29. The minimum absolute atomic E-state index is 0.00289. The average molecular weight is 362 g/mol. The first kappa shape index (κ1) is 19.1. The summed E-state index contributed by atoms with van der Waals surface area (Å²) >= 11 is 0. The van der Waals surface area contributed by atoms with E-state index < -0.39 is 0 Å². The van der Waals surface area contributed by atoms with Crippen LogP contribution in [0.15, 0.2) is 51.2 Å². The van der Waals surface area contributed by atoms with Crippen molar-refractivity contribution in [1.82, 2.24) is 5.32 Å². The molecule has 0 spiro atoms. The van der Waals surface area contributed by atoms with E-state index in [1.165, 1.54) is 0 Å². The number of hydrogen-bond acceptors (Lipinski definition) is 4. The fourth-order valence-electron chi connectivity index (χ4n) is 3.52. The number of benzene rings is 1. The summed E-state index contributed by atoms with van der Waals surface area (Å²) in [4.78, 5) is 13.1. The van der Waals surface area contributed by atoms with Gasteiger partial charge in [0, 0.05) is 22.7 Å². The van der Waals surface area contributed by atoms with E-state index >= 15 is 0 Å². The summed E-state index contributed by atoms with van der Waals surface area (Å²) in [5.41, 5.74) is 5.35. The standard InChI is InChI=1S/C23H26N2O2/c1-6-16-12-17(8-9-20(16)24)22-14(4)21(26)19-11-13(3)10-18(23(19)27-22)15(5)25-7-2/h6,8-12,15,24-25H,7H2,1-5H3/b16-6-,24-20?. The van der Waals surface area contributed by atoms with Crippen LogP contribution in [0.25, 0.3) is 16.5 Å². The van der Waals surface area contributed by atoms with Gasteiger partial charge in [0.15, 0.2) is 5.43 Å². The molecule has 4 nitrogen and oxygen atoms in total. The summed E-state index contributed by atoms with van der Waals surface area (Å²) in [7, 11) is 0. The zero-order valence-corrected chi connectivity index (χ0v) is 16.6. The highest BCUT2D eigenvalue weighted by Gasteiger charge is 2.20. The van der Waals surface area contributed by atoms with Gasteiger partial charge in [0.05, 0.1) is 11.1 Å². The second-order valence-electron chi connectivity index (χ2n) is 6.99. The monoisotopic (exact) mass is 362 g/mol. The lowest BCUT2D eigenvalue weighted by atomic mass is 9.95. The second kappa shape index (κ2) is 7.49. The smallest absolute Gasteiger partial charge is 0.196 e. The van der Waals surface area contributed by atoms with Gasteiger partial charge in [0.1, 0.15) is 11.3 Å². The van der Waals surface area contributed by atoms with Gasteiger partial charge in [-0.25, -0.2) is 0 Å². The molecule has 1 aliphatic carbocycles. The Hall–Kier alpha value is -2.72. The molecule has 2 aromatic rings. The van der Waals surface area contributed by atoms with Crippen LogP contribution in [0.4, 0.5) is 0 Å². The number of fused-ring (bicyclic) bond motifs is 1. The first-order valence-corrected chi connectivity index (χ1v) is 9.34. The molecule has 0 radical (unpaired) electrons. The zero-order valence-electron chi connectivity index (χ0n) is 16.6. The van der Waals surface area contributed by atoms with Crippen LogP contribution < -0.4 is 10.7 Å². The van der Waals surface area contributed by atoms with Gasteiger partial charge in [-0.05, 0) is 69.7 Å². The molecule has 1 aromatic heterocycles. The Bertz CT molecular complexity index is 1070. The molecule has 0 fully saturated rings. The van der Waals surface area contributed by atoms with Crippen LogP contribution in [0.2, 0.25) is 0 Å². The Morgan fingerprint density at radius 3 is 2.67 bits per heavy atom. The van der Waals surface area contributed by atoms with Crippen molar-refractivity contribution in [2.24, 2.45) is 0 Å².